The van der Waals surface area contributed by atoms with Crippen molar-refractivity contribution < 1.29 is 19.1 Å². The van der Waals surface area contributed by atoms with E-state index in [-0.39, 0.29) is 22.4 Å². The minimum Gasteiger partial charge on any atom is -0.461 e. The zero-order chi connectivity index (χ0) is 16.1. The van der Waals surface area contributed by atoms with Crippen molar-refractivity contribution in [2.75, 3.05) is 13.2 Å². The maximum Gasteiger partial charge on any atom is 0.338 e. The van der Waals surface area contributed by atoms with E-state index >= 15 is 0 Å². The summed E-state index contributed by atoms with van der Waals surface area (Å²) in [6, 6.07) is 17.8. The molecule has 0 aromatic heterocycles. The maximum atomic E-state index is 11.8. The van der Waals surface area contributed by atoms with Crippen LogP contribution in [-0.2, 0) is 9.47 Å². The Labute approximate surface area is 138 Å². The van der Waals surface area contributed by atoms with E-state index in [1.165, 1.54) is 0 Å². The number of hydrogen-bond donors (Lipinski definition) is 0. The summed E-state index contributed by atoms with van der Waals surface area (Å²) in [6.07, 6.45) is 0. The summed E-state index contributed by atoms with van der Waals surface area (Å²) in [5, 5.41) is 0.400. The van der Waals surface area contributed by atoms with Crippen molar-refractivity contribution in [3.05, 3.63) is 71.8 Å². The first-order valence-electron chi connectivity index (χ1n) is 7.34. The number of carbonyl (C=O) groups is 2. The number of thioether (sulfide) groups is 1. The van der Waals surface area contributed by atoms with Gasteiger partial charge in [-0.25, -0.2) is 9.59 Å². The van der Waals surface area contributed by atoms with Crippen LogP contribution in [-0.4, -0.2) is 35.7 Å². The molecule has 1 aliphatic heterocycles. The van der Waals surface area contributed by atoms with Crippen molar-refractivity contribution in [3.8, 4) is 0 Å². The summed E-state index contributed by atoms with van der Waals surface area (Å²) in [4.78, 5) is 23.6. The smallest absolute Gasteiger partial charge is 0.338 e. The lowest BCUT2D eigenvalue weighted by Crippen LogP contribution is -2.15. The van der Waals surface area contributed by atoms with Crippen LogP contribution in [0.4, 0.5) is 0 Å². The number of hydrogen-bond acceptors (Lipinski definition) is 5. The second-order valence-corrected chi connectivity index (χ2v) is 6.63. The van der Waals surface area contributed by atoms with Crippen LogP contribution in [0, 0.1) is 0 Å². The Morgan fingerprint density at radius 1 is 0.739 bits per heavy atom. The molecular weight excluding hydrogens is 312 g/mol. The Morgan fingerprint density at radius 2 is 1.13 bits per heavy atom. The lowest BCUT2D eigenvalue weighted by Gasteiger charge is -2.05. The highest BCUT2D eigenvalue weighted by atomic mass is 32.2. The first-order chi connectivity index (χ1) is 11.2. The van der Waals surface area contributed by atoms with E-state index in [4.69, 9.17) is 9.47 Å². The van der Waals surface area contributed by atoms with Gasteiger partial charge in [0.1, 0.15) is 13.2 Å². The first-order valence-corrected chi connectivity index (χ1v) is 8.28. The van der Waals surface area contributed by atoms with E-state index in [9.17, 15) is 9.59 Å². The Hall–Kier alpha value is -2.27. The number of ether oxygens (including phenoxy) is 2. The van der Waals surface area contributed by atoms with Crippen LogP contribution in [0.5, 0.6) is 0 Å². The quantitative estimate of drug-likeness (QED) is 0.602. The van der Waals surface area contributed by atoms with E-state index in [0.29, 0.717) is 24.3 Å². The van der Waals surface area contributed by atoms with Gasteiger partial charge >= 0.3 is 11.9 Å². The number of rotatable bonds is 6. The van der Waals surface area contributed by atoms with Crippen LogP contribution in [0.3, 0.4) is 0 Å². The average molecular weight is 328 g/mol. The van der Waals surface area contributed by atoms with Gasteiger partial charge in [0.15, 0.2) is 0 Å². The molecule has 118 valence electrons. The van der Waals surface area contributed by atoms with Gasteiger partial charge in [0.25, 0.3) is 0 Å². The molecule has 1 saturated heterocycles. The average Bonchev–Trinajstić information content (AvgIpc) is 3.37. The predicted octanol–water partition coefficient (Wildman–Crippen LogP) is 3.18. The SMILES string of the molecule is O=C(OC[C@@H]1S[C@@H]1COC(=O)c1ccccc1)c1ccccc1. The Morgan fingerprint density at radius 3 is 1.52 bits per heavy atom. The molecule has 0 N–H and O–H groups in total. The fraction of sp³-hybridized carbons (Fsp3) is 0.222. The van der Waals surface area contributed by atoms with Gasteiger partial charge in [-0.2, -0.15) is 0 Å². The highest BCUT2D eigenvalue weighted by Gasteiger charge is 2.40. The van der Waals surface area contributed by atoms with Gasteiger partial charge < -0.3 is 9.47 Å². The van der Waals surface area contributed by atoms with Crippen LogP contribution in [0.1, 0.15) is 20.7 Å². The zero-order valence-electron chi connectivity index (χ0n) is 12.4. The highest BCUT2D eigenvalue weighted by molar-refractivity contribution is 8.07. The lowest BCUT2D eigenvalue weighted by atomic mass is 10.2. The van der Waals surface area contributed by atoms with Crippen LogP contribution < -0.4 is 0 Å². The third-order valence-corrected chi connectivity index (χ3v) is 4.78. The molecule has 2 atom stereocenters. The number of benzene rings is 2. The highest BCUT2D eigenvalue weighted by Crippen LogP contribution is 2.41. The molecule has 0 spiro atoms. The minimum atomic E-state index is -0.321. The summed E-state index contributed by atoms with van der Waals surface area (Å²) in [5.41, 5.74) is 1.09. The molecule has 23 heavy (non-hydrogen) atoms. The maximum absolute atomic E-state index is 11.8. The standard InChI is InChI=1S/C18H16O4S/c19-17(13-7-3-1-4-8-13)21-11-15-16(23-15)12-22-18(20)14-9-5-2-6-10-14/h1-10,15-16H,11-12H2/t15-,16+. The Bertz CT molecular complexity index is 612. The van der Waals surface area contributed by atoms with Crippen molar-refractivity contribution in [2.24, 2.45) is 0 Å². The fourth-order valence-corrected chi connectivity index (χ4v) is 2.91. The minimum absolute atomic E-state index is 0.200. The van der Waals surface area contributed by atoms with Gasteiger partial charge in [-0.3, -0.25) is 0 Å². The number of esters is 2. The normalized spacial score (nSPS) is 19.0. The summed E-state index contributed by atoms with van der Waals surface area (Å²) in [7, 11) is 0. The molecule has 0 bridgehead atoms. The monoisotopic (exact) mass is 328 g/mol. The molecular formula is C18H16O4S. The molecule has 1 heterocycles. The van der Waals surface area contributed by atoms with Gasteiger partial charge in [-0.05, 0) is 24.3 Å². The van der Waals surface area contributed by atoms with E-state index < -0.39 is 0 Å². The zero-order valence-corrected chi connectivity index (χ0v) is 13.2. The molecule has 4 nitrogen and oxygen atoms in total. The van der Waals surface area contributed by atoms with Gasteiger partial charge in [-0.15, -0.1) is 11.8 Å². The summed E-state index contributed by atoms with van der Waals surface area (Å²) < 4.78 is 10.5. The van der Waals surface area contributed by atoms with E-state index in [1.807, 2.05) is 12.1 Å². The van der Waals surface area contributed by atoms with Crippen LogP contribution in [0.25, 0.3) is 0 Å². The van der Waals surface area contributed by atoms with Gasteiger partial charge in [0.2, 0.25) is 0 Å². The summed E-state index contributed by atoms with van der Waals surface area (Å²) >= 11 is 1.66. The Kier molecular flexibility index (Phi) is 4.98. The van der Waals surface area contributed by atoms with Crippen molar-refractivity contribution in [2.45, 2.75) is 10.5 Å². The van der Waals surface area contributed by atoms with Crippen LogP contribution in [0.2, 0.25) is 0 Å². The molecule has 0 amide bonds. The van der Waals surface area contributed by atoms with E-state index in [1.54, 1.807) is 60.3 Å². The molecule has 3 rings (SSSR count). The number of carbonyl (C=O) groups excluding carboxylic acids is 2. The predicted molar refractivity (Wildman–Crippen MR) is 88.6 cm³/mol. The van der Waals surface area contributed by atoms with Gasteiger partial charge in [0, 0.05) is 0 Å². The molecule has 0 radical (unpaired) electrons. The molecule has 1 aliphatic rings. The fourth-order valence-electron chi connectivity index (χ4n) is 2.10. The Balaban J connectivity index is 1.37. The molecule has 0 aliphatic carbocycles. The first kappa shape index (κ1) is 15.6. The summed E-state index contributed by atoms with van der Waals surface area (Å²) in [6.45, 7) is 0.678. The second-order valence-electron chi connectivity index (χ2n) is 5.14. The topological polar surface area (TPSA) is 52.6 Å². The second kappa shape index (κ2) is 7.33. The molecule has 2 aromatic rings. The van der Waals surface area contributed by atoms with E-state index in [2.05, 4.69) is 0 Å². The van der Waals surface area contributed by atoms with Crippen molar-refractivity contribution in [1.29, 1.82) is 0 Å². The molecule has 0 saturated carbocycles. The molecule has 5 heteroatoms. The van der Waals surface area contributed by atoms with Crippen LogP contribution in [0.15, 0.2) is 60.7 Å². The molecule has 0 unspecified atom stereocenters. The molecule has 2 aromatic carbocycles. The van der Waals surface area contributed by atoms with Crippen molar-refractivity contribution in [3.63, 3.8) is 0 Å². The third kappa shape index (κ3) is 4.36. The van der Waals surface area contributed by atoms with E-state index in [0.717, 1.165) is 0 Å². The molecule has 1 fully saturated rings. The van der Waals surface area contributed by atoms with Crippen molar-refractivity contribution >= 4 is 23.7 Å². The largest absolute Gasteiger partial charge is 0.461 e. The lowest BCUT2D eigenvalue weighted by molar-refractivity contribution is 0.0464. The summed E-state index contributed by atoms with van der Waals surface area (Å²) in [5.74, 6) is -0.642. The van der Waals surface area contributed by atoms with Gasteiger partial charge in [0.05, 0.1) is 21.6 Å². The van der Waals surface area contributed by atoms with Gasteiger partial charge in [-0.1, -0.05) is 36.4 Å². The third-order valence-electron chi connectivity index (χ3n) is 3.46. The van der Waals surface area contributed by atoms with Crippen LogP contribution >= 0.6 is 11.8 Å². The van der Waals surface area contributed by atoms with Crippen molar-refractivity contribution in [1.82, 2.24) is 0 Å².